The Morgan fingerprint density at radius 1 is 1.03 bits per heavy atom. The van der Waals surface area contributed by atoms with Crippen molar-refractivity contribution in [3.63, 3.8) is 0 Å². The highest BCUT2D eigenvalue weighted by molar-refractivity contribution is 6.05. The maximum absolute atomic E-state index is 13.5. The van der Waals surface area contributed by atoms with E-state index in [0.717, 1.165) is 22.4 Å². The highest BCUT2D eigenvalue weighted by atomic mass is 16.5. The molecule has 0 aliphatic carbocycles. The predicted octanol–water partition coefficient (Wildman–Crippen LogP) is 2.85. The maximum atomic E-state index is 13.5. The van der Waals surface area contributed by atoms with Crippen LogP contribution in [0.4, 0.5) is 0 Å². The first-order valence-electron chi connectivity index (χ1n) is 11.6. The van der Waals surface area contributed by atoms with Crippen LogP contribution in [0.5, 0.6) is 11.5 Å². The molecule has 0 aromatic heterocycles. The lowest BCUT2D eigenvalue weighted by Gasteiger charge is -2.34. The monoisotopic (exact) mass is 464 g/mol. The largest absolute Gasteiger partial charge is 0.497 e. The Balaban J connectivity index is 1.60. The summed E-state index contributed by atoms with van der Waals surface area (Å²) < 4.78 is 10.9. The van der Waals surface area contributed by atoms with E-state index in [1.54, 1.807) is 26.2 Å². The fourth-order valence-electron chi connectivity index (χ4n) is 4.63. The number of ether oxygens (including phenoxy) is 2. The SMILES string of the molecule is COc1ccc(C2=NN(C(=O)CN3CCN(C(C)=O)CC3)C(c3ccccc3C)C2)c(OC)c1. The van der Waals surface area contributed by atoms with Crippen LogP contribution >= 0.6 is 0 Å². The van der Waals surface area contributed by atoms with E-state index < -0.39 is 0 Å². The second kappa shape index (κ2) is 10.3. The molecule has 0 radical (unpaired) electrons. The second-order valence-corrected chi connectivity index (χ2v) is 8.71. The molecule has 0 N–H and O–H groups in total. The van der Waals surface area contributed by atoms with Crippen LogP contribution < -0.4 is 9.47 Å². The normalized spacial score (nSPS) is 18.6. The minimum atomic E-state index is -0.186. The zero-order chi connectivity index (χ0) is 24.2. The van der Waals surface area contributed by atoms with Crippen molar-refractivity contribution in [3.05, 3.63) is 59.2 Å². The van der Waals surface area contributed by atoms with Crippen LogP contribution in [0.25, 0.3) is 0 Å². The van der Waals surface area contributed by atoms with Gasteiger partial charge < -0.3 is 14.4 Å². The molecule has 1 fully saturated rings. The van der Waals surface area contributed by atoms with E-state index in [0.29, 0.717) is 44.1 Å². The summed E-state index contributed by atoms with van der Waals surface area (Å²) in [6, 6.07) is 13.6. The highest BCUT2D eigenvalue weighted by Gasteiger charge is 2.35. The third-order valence-electron chi connectivity index (χ3n) is 6.61. The van der Waals surface area contributed by atoms with Crippen LogP contribution in [-0.2, 0) is 9.59 Å². The molecule has 1 unspecified atom stereocenters. The molecule has 2 aliphatic rings. The number of hydrogen-bond acceptors (Lipinski definition) is 6. The van der Waals surface area contributed by atoms with E-state index in [2.05, 4.69) is 24.0 Å². The van der Waals surface area contributed by atoms with Crippen LogP contribution in [0.3, 0.4) is 0 Å². The Labute approximate surface area is 200 Å². The lowest BCUT2D eigenvalue weighted by atomic mass is 9.95. The summed E-state index contributed by atoms with van der Waals surface area (Å²) >= 11 is 0. The first-order valence-corrected chi connectivity index (χ1v) is 11.6. The van der Waals surface area contributed by atoms with E-state index in [1.165, 1.54) is 0 Å². The fourth-order valence-corrected chi connectivity index (χ4v) is 4.63. The molecule has 2 aliphatic heterocycles. The molecule has 4 rings (SSSR count). The summed E-state index contributed by atoms with van der Waals surface area (Å²) in [6.45, 7) is 6.55. The van der Waals surface area contributed by atoms with Crippen LogP contribution in [0.1, 0.15) is 36.1 Å². The molecular weight excluding hydrogens is 432 g/mol. The van der Waals surface area contributed by atoms with Crippen molar-refractivity contribution in [2.45, 2.75) is 26.3 Å². The van der Waals surface area contributed by atoms with Gasteiger partial charge in [0.25, 0.3) is 5.91 Å². The molecule has 0 bridgehead atoms. The summed E-state index contributed by atoms with van der Waals surface area (Å²) in [5.74, 6) is 1.39. The fraction of sp³-hybridized carbons (Fsp3) is 0.423. The quantitative estimate of drug-likeness (QED) is 0.657. The average Bonchev–Trinajstić information content (AvgIpc) is 3.29. The van der Waals surface area contributed by atoms with E-state index >= 15 is 0 Å². The lowest BCUT2D eigenvalue weighted by Crippen LogP contribution is -2.50. The summed E-state index contributed by atoms with van der Waals surface area (Å²) in [6.07, 6.45) is 0.595. The van der Waals surface area contributed by atoms with Gasteiger partial charge >= 0.3 is 0 Å². The molecule has 8 nitrogen and oxygen atoms in total. The van der Waals surface area contributed by atoms with Gasteiger partial charge in [0.05, 0.1) is 32.5 Å². The maximum Gasteiger partial charge on any atom is 0.257 e. The van der Waals surface area contributed by atoms with Crippen molar-refractivity contribution in [2.75, 3.05) is 46.9 Å². The van der Waals surface area contributed by atoms with Gasteiger partial charge in [0.15, 0.2) is 0 Å². The van der Waals surface area contributed by atoms with Crippen molar-refractivity contribution in [3.8, 4) is 11.5 Å². The number of benzene rings is 2. The summed E-state index contributed by atoms with van der Waals surface area (Å²) in [5, 5.41) is 6.46. The van der Waals surface area contributed by atoms with Crippen molar-refractivity contribution < 1.29 is 19.1 Å². The number of aryl methyl sites for hydroxylation is 1. The lowest BCUT2D eigenvalue weighted by molar-refractivity contribution is -0.135. The van der Waals surface area contributed by atoms with Crippen LogP contribution in [0, 0.1) is 6.92 Å². The Kier molecular flexibility index (Phi) is 7.17. The van der Waals surface area contributed by atoms with Gasteiger partial charge in [-0.1, -0.05) is 24.3 Å². The van der Waals surface area contributed by atoms with Gasteiger partial charge in [0.2, 0.25) is 5.91 Å². The summed E-state index contributed by atoms with van der Waals surface area (Å²) in [7, 11) is 3.24. The molecule has 2 aromatic rings. The molecule has 2 amide bonds. The molecule has 2 aromatic carbocycles. The van der Waals surface area contributed by atoms with Crippen molar-refractivity contribution in [1.29, 1.82) is 0 Å². The smallest absolute Gasteiger partial charge is 0.257 e. The Morgan fingerprint density at radius 3 is 2.41 bits per heavy atom. The van der Waals surface area contributed by atoms with Crippen LogP contribution in [-0.4, -0.2) is 79.3 Å². The third kappa shape index (κ3) is 4.92. The third-order valence-corrected chi connectivity index (χ3v) is 6.61. The van der Waals surface area contributed by atoms with E-state index in [-0.39, 0.29) is 24.4 Å². The number of rotatable bonds is 6. The van der Waals surface area contributed by atoms with E-state index in [4.69, 9.17) is 14.6 Å². The number of nitrogens with zero attached hydrogens (tertiary/aromatic N) is 4. The molecule has 8 heteroatoms. The number of carbonyl (C=O) groups is 2. The van der Waals surface area contributed by atoms with Crippen LogP contribution in [0.15, 0.2) is 47.6 Å². The van der Waals surface area contributed by atoms with Gasteiger partial charge in [-0.2, -0.15) is 5.10 Å². The zero-order valence-corrected chi connectivity index (χ0v) is 20.3. The van der Waals surface area contributed by atoms with Crippen molar-refractivity contribution in [1.82, 2.24) is 14.8 Å². The van der Waals surface area contributed by atoms with Gasteiger partial charge in [-0.05, 0) is 30.2 Å². The number of piperazine rings is 1. The number of amides is 2. The Bertz CT molecular complexity index is 1090. The number of methoxy groups -OCH3 is 2. The minimum Gasteiger partial charge on any atom is -0.497 e. The van der Waals surface area contributed by atoms with Gasteiger partial charge in [-0.25, -0.2) is 5.01 Å². The zero-order valence-electron chi connectivity index (χ0n) is 20.3. The predicted molar refractivity (Wildman–Crippen MR) is 130 cm³/mol. The molecule has 1 atom stereocenters. The molecule has 0 spiro atoms. The molecule has 1 saturated heterocycles. The standard InChI is InChI=1S/C26H32N4O4/c1-18-7-5-6-8-21(18)24-16-23(22-10-9-20(33-3)15-25(22)34-4)27-30(24)26(32)17-28-11-13-29(14-12-28)19(2)31/h5-10,15,24H,11-14,16-17H2,1-4H3. The van der Waals surface area contributed by atoms with Crippen LogP contribution in [0.2, 0.25) is 0 Å². The highest BCUT2D eigenvalue weighted by Crippen LogP contribution is 2.37. The van der Waals surface area contributed by atoms with Crippen molar-refractivity contribution >= 4 is 17.5 Å². The minimum absolute atomic E-state index is 0.0491. The number of hydrazone groups is 1. The molecule has 180 valence electrons. The first-order chi connectivity index (χ1) is 16.4. The van der Waals surface area contributed by atoms with E-state index in [1.807, 2.05) is 35.2 Å². The van der Waals surface area contributed by atoms with Gasteiger partial charge in [-0.15, -0.1) is 0 Å². The average molecular weight is 465 g/mol. The van der Waals surface area contributed by atoms with E-state index in [9.17, 15) is 9.59 Å². The van der Waals surface area contributed by atoms with Gasteiger partial charge in [0.1, 0.15) is 11.5 Å². The van der Waals surface area contributed by atoms with Gasteiger partial charge in [0, 0.05) is 51.2 Å². The molecular formula is C26H32N4O4. The Morgan fingerprint density at radius 2 is 1.76 bits per heavy atom. The second-order valence-electron chi connectivity index (χ2n) is 8.71. The molecule has 34 heavy (non-hydrogen) atoms. The van der Waals surface area contributed by atoms with Gasteiger partial charge in [-0.3, -0.25) is 14.5 Å². The summed E-state index contributed by atoms with van der Waals surface area (Å²) in [4.78, 5) is 29.0. The molecule has 2 heterocycles. The first kappa shape index (κ1) is 23.8. The number of hydrogen-bond donors (Lipinski definition) is 0. The molecule has 0 saturated carbocycles. The van der Waals surface area contributed by atoms with Crippen molar-refractivity contribution in [2.24, 2.45) is 5.10 Å². The summed E-state index contributed by atoms with van der Waals surface area (Å²) in [5.41, 5.74) is 3.87. The Hall–Kier alpha value is -3.39. The topological polar surface area (TPSA) is 74.7 Å². The number of carbonyl (C=O) groups excluding carboxylic acids is 2.